The van der Waals surface area contributed by atoms with E-state index < -0.39 is 40.9 Å². The van der Waals surface area contributed by atoms with E-state index in [0.717, 1.165) is 25.7 Å². The normalized spacial score (nSPS) is 57.5. The van der Waals surface area contributed by atoms with Crippen LogP contribution in [0.2, 0.25) is 0 Å². The number of aliphatic hydroxyl groups excluding tert-OH is 1. The standard InChI is InChI=1S/C19H24O5/c1-9-7-18-8-10(9)3-4-11(18)19-6-5-12(20)17(2,16(23)24-19)14(19)13(18)15(21)22/h10-14,20H,1,3-8H2,2H3,(H,21,22)/t10-,11-,12?,13-,14-,17+,18+,19?/m1/s1. The molecule has 1 heterocycles. The number of hydrogen-bond acceptors (Lipinski definition) is 4. The summed E-state index contributed by atoms with van der Waals surface area (Å²) in [5.74, 6) is -1.78. The average Bonchev–Trinajstić information content (AvgIpc) is 2.98. The summed E-state index contributed by atoms with van der Waals surface area (Å²) in [5, 5.41) is 20.8. The van der Waals surface area contributed by atoms with Gasteiger partial charge in [0, 0.05) is 11.8 Å². The summed E-state index contributed by atoms with van der Waals surface area (Å²) in [6, 6.07) is 0. The predicted octanol–water partition coefficient (Wildman–Crippen LogP) is 2.14. The molecule has 2 N–H and O–H groups in total. The molecule has 5 rings (SSSR count). The number of ether oxygens (including phenoxy) is 1. The molecule has 1 saturated heterocycles. The van der Waals surface area contributed by atoms with Crippen molar-refractivity contribution >= 4 is 11.9 Å². The molecule has 4 aliphatic carbocycles. The molecule has 2 unspecified atom stereocenters. The lowest BCUT2D eigenvalue weighted by Gasteiger charge is -2.44. The zero-order chi connectivity index (χ0) is 17.1. The summed E-state index contributed by atoms with van der Waals surface area (Å²) in [5.41, 5.74) is -0.953. The first kappa shape index (κ1) is 14.9. The Morgan fingerprint density at radius 1 is 1.33 bits per heavy atom. The van der Waals surface area contributed by atoms with E-state index in [1.165, 1.54) is 5.57 Å². The summed E-state index contributed by atoms with van der Waals surface area (Å²) in [6.45, 7) is 5.95. The molecule has 0 amide bonds. The van der Waals surface area contributed by atoms with Gasteiger partial charge in [-0.1, -0.05) is 12.2 Å². The van der Waals surface area contributed by atoms with Crippen molar-refractivity contribution < 1.29 is 24.5 Å². The number of aliphatic carboxylic acids is 1. The van der Waals surface area contributed by atoms with Crippen LogP contribution in [0.5, 0.6) is 0 Å². The van der Waals surface area contributed by atoms with Crippen LogP contribution in [-0.4, -0.2) is 33.9 Å². The third-order valence-electron chi connectivity index (χ3n) is 8.46. The minimum atomic E-state index is -1.09. The Morgan fingerprint density at radius 2 is 2.08 bits per heavy atom. The first-order valence-electron chi connectivity index (χ1n) is 9.09. The zero-order valence-electron chi connectivity index (χ0n) is 14.0. The molecule has 130 valence electrons. The molecule has 1 aliphatic heterocycles. The van der Waals surface area contributed by atoms with Crippen LogP contribution < -0.4 is 0 Å². The summed E-state index contributed by atoms with van der Waals surface area (Å²) in [6.07, 6.45) is 3.81. The van der Waals surface area contributed by atoms with Crippen LogP contribution in [0.3, 0.4) is 0 Å². The fourth-order valence-corrected chi connectivity index (χ4v) is 7.66. The van der Waals surface area contributed by atoms with Crippen molar-refractivity contribution in [1.29, 1.82) is 0 Å². The van der Waals surface area contributed by atoms with Gasteiger partial charge in [0.2, 0.25) is 0 Å². The van der Waals surface area contributed by atoms with E-state index in [2.05, 4.69) is 6.58 Å². The number of fused-ring (bicyclic) bond motifs is 1. The lowest BCUT2D eigenvalue weighted by atomic mass is 9.59. The molecule has 4 bridgehead atoms. The van der Waals surface area contributed by atoms with E-state index in [-0.39, 0.29) is 11.3 Å². The second-order valence-electron chi connectivity index (χ2n) is 9.07. The van der Waals surface area contributed by atoms with Crippen LogP contribution in [0.1, 0.15) is 45.4 Å². The highest BCUT2D eigenvalue weighted by Crippen LogP contribution is 2.77. The lowest BCUT2D eigenvalue weighted by molar-refractivity contribution is -0.162. The number of esters is 1. The van der Waals surface area contributed by atoms with Crippen LogP contribution in [0.25, 0.3) is 0 Å². The van der Waals surface area contributed by atoms with Crippen molar-refractivity contribution in [2.45, 2.75) is 57.2 Å². The highest BCUT2D eigenvalue weighted by Gasteiger charge is 2.83. The van der Waals surface area contributed by atoms with Gasteiger partial charge in [0.1, 0.15) is 5.60 Å². The molecular formula is C19H24O5. The van der Waals surface area contributed by atoms with E-state index in [4.69, 9.17) is 4.74 Å². The summed E-state index contributed by atoms with van der Waals surface area (Å²) in [7, 11) is 0. The quantitative estimate of drug-likeness (QED) is 0.568. The second kappa shape index (κ2) is 4.06. The van der Waals surface area contributed by atoms with Crippen LogP contribution >= 0.6 is 0 Å². The Labute approximate surface area is 141 Å². The fourth-order valence-electron chi connectivity index (χ4n) is 7.66. The third-order valence-corrected chi connectivity index (χ3v) is 8.46. The minimum absolute atomic E-state index is 0.0878. The van der Waals surface area contributed by atoms with Gasteiger partial charge in [-0.3, -0.25) is 9.59 Å². The molecule has 8 atom stereocenters. The molecule has 4 saturated carbocycles. The van der Waals surface area contributed by atoms with E-state index in [1.54, 1.807) is 6.92 Å². The summed E-state index contributed by atoms with van der Waals surface area (Å²) in [4.78, 5) is 25.1. The van der Waals surface area contributed by atoms with Gasteiger partial charge < -0.3 is 14.9 Å². The van der Waals surface area contributed by atoms with Crippen LogP contribution in [0.15, 0.2) is 12.2 Å². The number of carboxylic acids is 1. The Bertz CT molecular complexity index is 685. The molecule has 1 spiro atoms. The largest absolute Gasteiger partial charge is 0.481 e. The molecule has 0 aromatic carbocycles. The van der Waals surface area contributed by atoms with Crippen LogP contribution in [0, 0.1) is 34.5 Å². The molecule has 0 radical (unpaired) electrons. The van der Waals surface area contributed by atoms with E-state index in [9.17, 15) is 19.8 Å². The number of carbonyl (C=O) groups excluding carboxylic acids is 1. The van der Waals surface area contributed by atoms with E-state index >= 15 is 0 Å². The first-order valence-corrected chi connectivity index (χ1v) is 9.09. The van der Waals surface area contributed by atoms with E-state index in [1.807, 2.05) is 0 Å². The Morgan fingerprint density at radius 3 is 2.79 bits per heavy atom. The van der Waals surface area contributed by atoms with Gasteiger partial charge in [-0.25, -0.2) is 0 Å². The maximum atomic E-state index is 12.7. The smallest absolute Gasteiger partial charge is 0.315 e. The second-order valence-corrected chi connectivity index (χ2v) is 9.07. The molecular weight excluding hydrogens is 308 g/mol. The summed E-state index contributed by atoms with van der Waals surface area (Å²) >= 11 is 0. The highest BCUT2D eigenvalue weighted by atomic mass is 16.6. The number of carboxylic acid groups (broad SMARTS) is 1. The van der Waals surface area contributed by atoms with Crippen molar-refractivity contribution in [3.05, 3.63) is 12.2 Å². The van der Waals surface area contributed by atoms with Gasteiger partial charge in [0.05, 0.1) is 17.4 Å². The Balaban J connectivity index is 1.76. The van der Waals surface area contributed by atoms with E-state index in [0.29, 0.717) is 18.8 Å². The summed E-state index contributed by atoms with van der Waals surface area (Å²) < 4.78 is 6.01. The van der Waals surface area contributed by atoms with Crippen molar-refractivity contribution in [1.82, 2.24) is 0 Å². The SMILES string of the molecule is C=C1C[C@]23C[C@H]1CC[C@H]2C12CCC(O)[C@](C)(C(=O)O1)[C@H]2[C@@H]3C(=O)O. The number of hydrogen-bond donors (Lipinski definition) is 2. The first-order chi connectivity index (χ1) is 11.3. The maximum absolute atomic E-state index is 12.7. The number of allylic oxidation sites excluding steroid dienone is 1. The predicted molar refractivity (Wildman–Crippen MR) is 83.8 cm³/mol. The fraction of sp³-hybridized carbons (Fsp3) is 0.789. The van der Waals surface area contributed by atoms with Crippen molar-refractivity contribution in [2.75, 3.05) is 0 Å². The Hall–Kier alpha value is -1.36. The van der Waals surface area contributed by atoms with Gasteiger partial charge in [-0.15, -0.1) is 0 Å². The van der Waals surface area contributed by atoms with Gasteiger partial charge in [0.15, 0.2) is 0 Å². The molecule has 5 heteroatoms. The maximum Gasteiger partial charge on any atom is 0.315 e. The minimum Gasteiger partial charge on any atom is -0.481 e. The molecule has 0 aromatic heterocycles. The zero-order valence-corrected chi connectivity index (χ0v) is 14.0. The molecule has 5 fully saturated rings. The Kier molecular flexibility index (Phi) is 2.53. The molecule has 0 aromatic rings. The molecule has 5 aliphatic rings. The monoisotopic (exact) mass is 332 g/mol. The van der Waals surface area contributed by atoms with Crippen molar-refractivity contribution in [3.8, 4) is 0 Å². The van der Waals surface area contributed by atoms with Gasteiger partial charge in [-0.05, 0) is 56.8 Å². The van der Waals surface area contributed by atoms with Gasteiger partial charge in [0.25, 0.3) is 0 Å². The number of rotatable bonds is 1. The molecule has 5 nitrogen and oxygen atoms in total. The van der Waals surface area contributed by atoms with Gasteiger partial charge >= 0.3 is 11.9 Å². The van der Waals surface area contributed by atoms with Crippen molar-refractivity contribution in [3.63, 3.8) is 0 Å². The third kappa shape index (κ3) is 1.29. The van der Waals surface area contributed by atoms with Gasteiger partial charge in [-0.2, -0.15) is 0 Å². The number of carbonyl (C=O) groups is 2. The highest BCUT2D eigenvalue weighted by molar-refractivity contribution is 5.85. The molecule has 24 heavy (non-hydrogen) atoms. The van der Waals surface area contributed by atoms with Crippen molar-refractivity contribution in [2.24, 2.45) is 34.5 Å². The van der Waals surface area contributed by atoms with Crippen LogP contribution in [0.4, 0.5) is 0 Å². The topological polar surface area (TPSA) is 83.8 Å². The lowest BCUT2D eigenvalue weighted by Crippen LogP contribution is -2.53. The average molecular weight is 332 g/mol. The van der Waals surface area contributed by atoms with Crippen LogP contribution in [-0.2, 0) is 14.3 Å². The number of aliphatic hydroxyl groups is 1.